The molecule has 1 aromatic heterocycles. The lowest BCUT2D eigenvalue weighted by Gasteiger charge is -2.14. The van der Waals surface area contributed by atoms with Crippen LogP contribution in [-0.4, -0.2) is 35.4 Å². The second-order valence-corrected chi connectivity index (χ2v) is 3.64. The van der Waals surface area contributed by atoms with E-state index in [4.69, 9.17) is 10.5 Å². The monoisotopic (exact) mass is 226 g/mol. The van der Waals surface area contributed by atoms with Crippen LogP contribution in [0.2, 0.25) is 0 Å². The molecule has 1 rings (SSSR count). The Hall–Kier alpha value is -1.56. The van der Waals surface area contributed by atoms with Crippen LogP contribution >= 0.6 is 0 Å². The number of nitrogen functional groups attached to an aromatic ring is 1. The van der Waals surface area contributed by atoms with Crippen molar-refractivity contribution >= 4 is 11.6 Å². The van der Waals surface area contributed by atoms with E-state index in [1.54, 1.807) is 20.4 Å². The van der Waals surface area contributed by atoms with Gasteiger partial charge in [0.15, 0.2) is 5.69 Å². The van der Waals surface area contributed by atoms with Gasteiger partial charge in [0.25, 0.3) is 5.91 Å². The van der Waals surface area contributed by atoms with Gasteiger partial charge in [0, 0.05) is 20.4 Å². The van der Waals surface area contributed by atoms with Crippen molar-refractivity contribution in [3.8, 4) is 0 Å². The highest BCUT2D eigenvalue weighted by molar-refractivity contribution is 5.97. The zero-order valence-electron chi connectivity index (χ0n) is 9.86. The summed E-state index contributed by atoms with van der Waals surface area (Å²) in [6.45, 7) is 2.46. The molecule has 0 aliphatic rings. The Balaban J connectivity index is 2.67. The van der Waals surface area contributed by atoms with Crippen molar-refractivity contribution in [3.05, 3.63) is 11.9 Å². The number of carbonyl (C=O) groups excluding carboxylic acids is 1. The summed E-state index contributed by atoms with van der Waals surface area (Å²) in [4.78, 5) is 11.8. The summed E-state index contributed by atoms with van der Waals surface area (Å²) >= 11 is 0. The van der Waals surface area contributed by atoms with E-state index in [2.05, 4.69) is 10.4 Å². The van der Waals surface area contributed by atoms with E-state index in [0.29, 0.717) is 12.3 Å². The zero-order valence-corrected chi connectivity index (χ0v) is 9.86. The minimum Gasteiger partial charge on any atom is -0.396 e. The first kappa shape index (κ1) is 12.5. The van der Waals surface area contributed by atoms with Gasteiger partial charge in [-0.2, -0.15) is 5.10 Å². The largest absolute Gasteiger partial charge is 0.396 e. The highest BCUT2D eigenvalue weighted by Crippen LogP contribution is 2.08. The van der Waals surface area contributed by atoms with Crippen LogP contribution in [0.1, 0.15) is 23.8 Å². The summed E-state index contributed by atoms with van der Waals surface area (Å²) in [7, 11) is 3.32. The molecule has 0 radical (unpaired) electrons. The number of ether oxygens (including phenoxy) is 1. The van der Waals surface area contributed by atoms with Crippen molar-refractivity contribution in [2.45, 2.75) is 19.4 Å². The van der Waals surface area contributed by atoms with Gasteiger partial charge in [-0.05, 0) is 6.42 Å². The number of methoxy groups -OCH3 is 1. The third kappa shape index (κ3) is 2.96. The highest BCUT2D eigenvalue weighted by Gasteiger charge is 2.17. The number of aromatic nitrogens is 2. The number of hydrogen-bond donors (Lipinski definition) is 2. The summed E-state index contributed by atoms with van der Waals surface area (Å²) < 4.78 is 6.51. The maximum Gasteiger partial charge on any atom is 0.274 e. The smallest absolute Gasteiger partial charge is 0.274 e. The molecule has 1 atom stereocenters. The quantitative estimate of drug-likeness (QED) is 0.749. The van der Waals surface area contributed by atoms with E-state index in [1.165, 1.54) is 4.68 Å². The Labute approximate surface area is 94.8 Å². The topological polar surface area (TPSA) is 82.2 Å². The van der Waals surface area contributed by atoms with Crippen LogP contribution in [0.4, 0.5) is 5.69 Å². The van der Waals surface area contributed by atoms with Crippen LogP contribution in [0.5, 0.6) is 0 Å². The standard InChI is InChI=1S/C10H18N4O2/c1-4-7(6-16-3)12-10(15)9-8(11)5-14(2)13-9/h5,7H,4,6,11H2,1-3H3,(H,12,15). The van der Waals surface area contributed by atoms with Crippen LogP contribution < -0.4 is 11.1 Å². The van der Waals surface area contributed by atoms with Crippen molar-refractivity contribution in [1.29, 1.82) is 0 Å². The molecule has 3 N–H and O–H groups in total. The molecule has 16 heavy (non-hydrogen) atoms. The van der Waals surface area contributed by atoms with Gasteiger partial charge in [-0.25, -0.2) is 0 Å². The molecule has 0 aliphatic carbocycles. The normalized spacial score (nSPS) is 12.4. The molecule has 0 spiro atoms. The number of nitrogens with one attached hydrogen (secondary N) is 1. The van der Waals surface area contributed by atoms with Gasteiger partial charge in [-0.15, -0.1) is 0 Å². The molecule has 6 heteroatoms. The Morgan fingerprint density at radius 3 is 2.88 bits per heavy atom. The van der Waals surface area contributed by atoms with Crippen molar-refractivity contribution in [2.24, 2.45) is 7.05 Å². The molecule has 0 bridgehead atoms. The Kier molecular flexibility index (Phi) is 4.30. The van der Waals surface area contributed by atoms with Gasteiger partial charge >= 0.3 is 0 Å². The van der Waals surface area contributed by atoms with Crippen LogP contribution in [0, 0.1) is 0 Å². The predicted octanol–water partition coefficient (Wildman–Crippen LogP) is 0.157. The molecule has 90 valence electrons. The summed E-state index contributed by atoms with van der Waals surface area (Å²) in [6.07, 6.45) is 2.40. The average Bonchev–Trinajstić information content (AvgIpc) is 2.57. The fraction of sp³-hybridized carbons (Fsp3) is 0.600. The fourth-order valence-corrected chi connectivity index (χ4v) is 1.40. The highest BCUT2D eigenvalue weighted by atomic mass is 16.5. The van der Waals surface area contributed by atoms with Gasteiger partial charge in [0.1, 0.15) is 0 Å². The molecular weight excluding hydrogens is 208 g/mol. The first-order valence-corrected chi connectivity index (χ1v) is 5.17. The van der Waals surface area contributed by atoms with Gasteiger partial charge in [0.2, 0.25) is 0 Å². The van der Waals surface area contributed by atoms with E-state index in [1.807, 2.05) is 6.92 Å². The van der Waals surface area contributed by atoms with Crippen LogP contribution in [0.3, 0.4) is 0 Å². The number of nitrogens with two attached hydrogens (primary N) is 1. The first-order valence-electron chi connectivity index (χ1n) is 5.17. The fourth-order valence-electron chi connectivity index (χ4n) is 1.40. The van der Waals surface area contributed by atoms with E-state index in [0.717, 1.165) is 6.42 Å². The average molecular weight is 226 g/mol. The van der Waals surface area contributed by atoms with Gasteiger partial charge in [0.05, 0.1) is 18.3 Å². The predicted molar refractivity (Wildman–Crippen MR) is 61.0 cm³/mol. The SMILES string of the molecule is CCC(COC)NC(=O)c1nn(C)cc1N. The van der Waals surface area contributed by atoms with Crippen molar-refractivity contribution in [3.63, 3.8) is 0 Å². The molecule has 0 saturated carbocycles. The lowest BCUT2D eigenvalue weighted by molar-refractivity contribution is 0.0890. The molecular formula is C10H18N4O2. The van der Waals surface area contributed by atoms with E-state index in [9.17, 15) is 4.79 Å². The summed E-state index contributed by atoms with van der Waals surface area (Å²) in [5.74, 6) is -0.262. The third-order valence-electron chi connectivity index (χ3n) is 2.27. The molecule has 6 nitrogen and oxygen atoms in total. The van der Waals surface area contributed by atoms with Gasteiger partial charge < -0.3 is 15.8 Å². The molecule has 0 aromatic carbocycles. The van der Waals surface area contributed by atoms with Gasteiger partial charge in [-0.1, -0.05) is 6.92 Å². The molecule has 0 saturated heterocycles. The van der Waals surface area contributed by atoms with Gasteiger partial charge in [-0.3, -0.25) is 9.48 Å². The second-order valence-electron chi connectivity index (χ2n) is 3.64. The Morgan fingerprint density at radius 2 is 2.44 bits per heavy atom. The Bertz CT molecular complexity index is 362. The third-order valence-corrected chi connectivity index (χ3v) is 2.27. The Morgan fingerprint density at radius 1 is 1.75 bits per heavy atom. The first-order chi connectivity index (χ1) is 7.58. The van der Waals surface area contributed by atoms with E-state index in [-0.39, 0.29) is 17.6 Å². The molecule has 1 heterocycles. The maximum absolute atomic E-state index is 11.8. The summed E-state index contributed by atoms with van der Waals surface area (Å²) in [6, 6.07) is -0.0149. The van der Waals surface area contributed by atoms with E-state index >= 15 is 0 Å². The zero-order chi connectivity index (χ0) is 12.1. The number of aryl methyl sites for hydroxylation is 1. The van der Waals surface area contributed by atoms with Crippen LogP contribution in [0.15, 0.2) is 6.20 Å². The molecule has 0 aliphatic heterocycles. The number of hydrogen-bond acceptors (Lipinski definition) is 4. The minimum atomic E-state index is -0.262. The summed E-state index contributed by atoms with van der Waals surface area (Å²) in [5, 5.41) is 6.81. The molecule has 0 fully saturated rings. The molecule has 1 amide bonds. The summed E-state index contributed by atoms with van der Waals surface area (Å²) in [5.41, 5.74) is 6.30. The second kappa shape index (κ2) is 5.50. The number of carbonyl (C=O) groups is 1. The minimum absolute atomic E-state index is 0.0149. The number of anilines is 1. The van der Waals surface area contributed by atoms with Crippen molar-refractivity contribution in [2.75, 3.05) is 19.5 Å². The lowest BCUT2D eigenvalue weighted by atomic mass is 10.2. The van der Waals surface area contributed by atoms with E-state index < -0.39 is 0 Å². The van der Waals surface area contributed by atoms with Crippen molar-refractivity contribution in [1.82, 2.24) is 15.1 Å². The number of nitrogens with zero attached hydrogens (tertiary/aromatic N) is 2. The molecule has 1 aromatic rings. The lowest BCUT2D eigenvalue weighted by Crippen LogP contribution is -2.38. The maximum atomic E-state index is 11.8. The molecule has 1 unspecified atom stereocenters. The van der Waals surface area contributed by atoms with Crippen LogP contribution in [0.25, 0.3) is 0 Å². The number of rotatable bonds is 5. The van der Waals surface area contributed by atoms with Crippen LogP contribution in [-0.2, 0) is 11.8 Å². The van der Waals surface area contributed by atoms with Crippen molar-refractivity contribution < 1.29 is 9.53 Å². The number of amides is 1.